The summed E-state index contributed by atoms with van der Waals surface area (Å²) in [4.78, 5) is 25.2. The average Bonchev–Trinajstić information content (AvgIpc) is 3.75. The smallest absolute Gasteiger partial charge is 0.410 e. The highest BCUT2D eigenvalue weighted by molar-refractivity contribution is 5.83. The molecule has 6 aromatic rings. The Bertz CT molecular complexity index is 2330. The maximum Gasteiger partial charge on any atom is 0.410 e. The number of likely N-dealkylation sites (tertiary alicyclic amines) is 1. The number of imidazole rings is 2. The van der Waals surface area contributed by atoms with Crippen molar-refractivity contribution in [1.82, 2.24) is 24.0 Å². The minimum Gasteiger partial charge on any atom is -0.491 e. The van der Waals surface area contributed by atoms with Gasteiger partial charge in [-0.15, -0.1) is 0 Å². The number of carbonyl (C=O) groups is 1. The van der Waals surface area contributed by atoms with Crippen LogP contribution in [0.5, 0.6) is 5.75 Å². The maximum atomic E-state index is 13.0. The Morgan fingerprint density at radius 1 is 0.815 bits per heavy atom. The van der Waals surface area contributed by atoms with Crippen LogP contribution in [0.4, 0.5) is 4.79 Å². The van der Waals surface area contributed by atoms with Gasteiger partial charge < -0.3 is 23.5 Å². The molecule has 8 heteroatoms. The van der Waals surface area contributed by atoms with Gasteiger partial charge in [0.1, 0.15) is 29.6 Å². The van der Waals surface area contributed by atoms with Crippen molar-refractivity contribution in [2.45, 2.75) is 71.6 Å². The lowest BCUT2D eigenvalue weighted by Gasteiger charge is -2.37. The van der Waals surface area contributed by atoms with Crippen LogP contribution in [0.25, 0.3) is 39.0 Å². The Kier molecular flexibility index (Phi) is 9.84. The number of allylic oxidation sites excluding steroid dienone is 4. The van der Waals surface area contributed by atoms with Crippen LogP contribution in [-0.2, 0) is 11.3 Å². The summed E-state index contributed by atoms with van der Waals surface area (Å²) in [7, 11) is 0. The number of rotatable bonds is 9. The van der Waals surface area contributed by atoms with Crippen molar-refractivity contribution in [2.75, 3.05) is 19.7 Å². The van der Waals surface area contributed by atoms with Crippen molar-refractivity contribution in [3.63, 3.8) is 0 Å². The van der Waals surface area contributed by atoms with Crippen molar-refractivity contribution in [1.29, 1.82) is 0 Å². The summed E-state index contributed by atoms with van der Waals surface area (Å²) in [6.07, 6.45) is 10.2. The van der Waals surface area contributed by atoms with E-state index < -0.39 is 5.60 Å². The van der Waals surface area contributed by atoms with Crippen LogP contribution < -0.4 is 4.74 Å². The number of para-hydroxylation sites is 4. The van der Waals surface area contributed by atoms with E-state index in [9.17, 15) is 4.79 Å². The van der Waals surface area contributed by atoms with E-state index in [1.165, 1.54) is 11.1 Å². The number of hydrogen-bond donors (Lipinski definition) is 0. The van der Waals surface area contributed by atoms with Crippen molar-refractivity contribution < 1.29 is 14.3 Å². The van der Waals surface area contributed by atoms with E-state index in [2.05, 4.69) is 125 Å². The van der Waals surface area contributed by atoms with Crippen molar-refractivity contribution in [3.8, 4) is 17.1 Å². The summed E-state index contributed by atoms with van der Waals surface area (Å²) in [5.74, 6) is 2.97. The predicted octanol–water partition coefficient (Wildman–Crippen LogP) is 10.4. The molecule has 0 spiro atoms. The average molecular weight is 720 g/mol. The summed E-state index contributed by atoms with van der Waals surface area (Å²) in [5.41, 5.74) is 8.36. The quantitative estimate of drug-likeness (QED) is 0.149. The van der Waals surface area contributed by atoms with E-state index in [0.29, 0.717) is 19.7 Å². The fourth-order valence-corrected chi connectivity index (χ4v) is 7.87. The minimum absolute atomic E-state index is 0.0117. The lowest BCUT2D eigenvalue weighted by atomic mass is 9.89. The van der Waals surface area contributed by atoms with Crippen molar-refractivity contribution in [2.24, 2.45) is 5.92 Å². The lowest BCUT2D eigenvalue weighted by molar-refractivity contribution is 0.0151. The Morgan fingerprint density at radius 3 is 2.19 bits per heavy atom. The highest BCUT2D eigenvalue weighted by Crippen LogP contribution is 2.37. The summed E-state index contributed by atoms with van der Waals surface area (Å²) in [6, 6.07) is 33.6. The predicted molar refractivity (Wildman–Crippen MR) is 217 cm³/mol. The molecule has 54 heavy (non-hydrogen) atoms. The van der Waals surface area contributed by atoms with Crippen molar-refractivity contribution in [3.05, 3.63) is 132 Å². The molecule has 2 aromatic heterocycles. The molecule has 8 rings (SSSR count). The van der Waals surface area contributed by atoms with Gasteiger partial charge in [0.05, 0.1) is 28.1 Å². The number of piperidine rings is 1. The van der Waals surface area contributed by atoms with Gasteiger partial charge in [0.15, 0.2) is 0 Å². The van der Waals surface area contributed by atoms with Crippen LogP contribution in [0.2, 0.25) is 0 Å². The molecule has 0 bridgehead atoms. The number of benzene rings is 4. The number of ether oxygens (including phenoxy) is 2. The van der Waals surface area contributed by atoms with Gasteiger partial charge in [0, 0.05) is 30.8 Å². The molecular weight excluding hydrogens is 671 g/mol. The number of carbonyl (C=O) groups excluding carboxylic acids is 1. The fraction of sp³-hybridized carbons (Fsp3) is 0.326. The SMILES string of the molecule is Cc1ccccc1Cn1c(-c2ccc(OCC(C3CCN(C(=O)OC(C)(C)C)CC3)n3c(C4=CCCC=C4)nc4ccccc43)cc2)nc2ccccc21. The third-order valence-electron chi connectivity index (χ3n) is 10.7. The largest absolute Gasteiger partial charge is 0.491 e. The third kappa shape index (κ3) is 7.43. The standard InChI is InChI=1S/C46H49N5O3/c1-32-14-8-9-17-36(32)30-50-40-20-12-10-18-38(40)47-43(50)35-22-24-37(25-23-35)53-31-42(33-26-28-49(29-27-33)45(52)54-46(2,3)4)51-41-21-13-11-19-39(41)48-44(51)34-15-6-5-7-16-34/h6,8-25,33,42H,5,7,26-31H2,1-4H3. The second-order valence-electron chi connectivity index (χ2n) is 15.6. The molecule has 1 aliphatic heterocycles. The molecule has 1 fully saturated rings. The molecule has 1 saturated heterocycles. The topological polar surface area (TPSA) is 74.4 Å². The molecule has 0 saturated carbocycles. The minimum atomic E-state index is -0.528. The van der Waals surface area contributed by atoms with Crippen LogP contribution >= 0.6 is 0 Å². The number of aryl methyl sites for hydroxylation is 1. The third-order valence-corrected chi connectivity index (χ3v) is 10.7. The zero-order chi connectivity index (χ0) is 37.2. The normalized spacial score (nSPS) is 15.8. The first kappa shape index (κ1) is 35.4. The molecule has 2 aliphatic rings. The molecule has 1 aliphatic carbocycles. The fourth-order valence-electron chi connectivity index (χ4n) is 7.87. The van der Waals surface area contributed by atoms with Crippen LogP contribution in [0.15, 0.2) is 115 Å². The van der Waals surface area contributed by atoms with Gasteiger partial charge in [-0.25, -0.2) is 14.8 Å². The summed E-state index contributed by atoms with van der Waals surface area (Å²) in [5, 5.41) is 0. The highest BCUT2D eigenvalue weighted by Gasteiger charge is 2.34. The molecule has 276 valence electrons. The van der Waals surface area contributed by atoms with Gasteiger partial charge in [-0.3, -0.25) is 0 Å². The second-order valence-corrected chi connectivity index (χ2v) is 15.6. The Hall–Kier alpha value is -5.63. The van der Waals surface area contributed by atoms with Crippen LogP contribution in [0, 0.1) is 12.8 Å². The zero-order valence-electron chi connectivity index (χ0n) is 31.7. The molecule has 3 heterocycles. The first-order chi connectivity index (χ1) is 26.2. The molecule has 1 amide bonds. The first-order valence-corrected chi connectivity index (χ1v) is 19.3. The summed E-state index contributed by atoms with van der Waals surface area (Å²) < 4.78 is 17.2. The van der Waals surface area contributed by atoms with Gasteiger partial charge in [-0.1, -0.05) is 66.8 Å². The molecule has 1 atom stereocenters. The molecule has 0 radical (unpaired) electrons. The number of amides is 1. The summed E-state index contributed by atoms with van der Waals surface area (Å²) in [6.45, 7) is 10.4. The van der Waals surface area contributed by atoms with E-state index in [4.69, 9.17) is 19.4 Å². The lowest BCUT2D eigenvalue weighted by Crippen LogP contribution is -2.43. The maximum absolute atomic E-state index is 13.0. The molecule has 4 aromatic carbocycles. The molecule has 1 unspecified atom stereocenters. The number of fused-ring (bicyclic) bond motifs is 2. The Morgan fingerprint density at radius 2 is 1.48 bits per heavy atom. The summed E-state index contributed by atoms with van der Waals surface area (Å²) >= 11 is 0. The van der Waals surface area contributed by atoms with E-state index in [1.54, 1.807) is 0 Å². The van der Waals surface area contributed by atoms with Crippen LogP contribution in [0.3, 0.4) is 0 Å². The van der Waals surface area contributed by atoms with Gasteiger partial charge in [-0.2, -0.15) is 0 Å². The highest BCUT2D eigenvalue weighted by atomic mass is 16.6. The monoisotopic (exact) mass is 719 g/mol. The van der Waals surface area contributed by atoms with E-state index in [-0.39, 0.29) is 18.1 Å². The van der Waals surface area contributed by atoms with E-state index in [0.717, 1.165) is 82.8 Å². The number of nitrogens with zero attached hydrogens (tertiary/aromatic N) is 5. The number of hydrogen-bond acceptors (Lipinski definition) is 5. The Labute approximate surface area is 317 Å². The molecule has 0 N–H and O–H groups in total. The Balaban J connectivity index is 1.09. The van der Waals surface area contributed by atoms with E-state index >= 15 is 0 Å². The number of aromatic nitrogens is 4. The van der Waals surface area contributed by atoms with Crippen LogP contribution in [0.1, 0.15) is 69.4 Å². The molecular formula is C46H49N5O3. The van der Waals surface area contributed by atoms with Crippen LogP contribution in [-0.4, -0.2) is 55.4 Å². The van der Waals surface area contributed by atoms with Gasteiger partial charge in [-0.05, 0) is 119 Å². The van der Waals surface area contributed by atoms with Gasteiger partial charge in [0.2, 0.25) is 0 Å². The van der Waals surface area contributed by atoms with Gasteiger partial charge in [0.25, 0.3) is 0 Å². The van der Waals surface area contributed by atoms with Crippen molar-refractivity contribution >= 4 is 33.7 Å². The molecule has 8 nitrogen and oxygen atoms in total. The first-order valence-electron chi connectivity index (χ1n) is 19.3. The van der Waals surface area contributed by atoms with E-state index in [1.807, 2.05) is 31.7 Å². The van der Waals surface area contributed by atoms with Gasteiger partial charge >= 0.3 is 6.09 Å². The second kappa shape index (κ2) is 15.0. The zero-order valence-corrected chi connectivity index (χ0v) is 31.7.